The van der Waals surface area contributed by atoms with E-state index in [0.29, 0.717) is 17.9 Å². The van der Waals surface area contributed by atoms with E-state index in [-0.39, 0.29) is 0 Å². The molecule has 1 aliphatic rings. The molecule has 0 radical (unpaired) electrons. The topological polar surface area (TPSA) is 24.1 Å². The number of anilines is 1. The monoisotopic (exact) mass is 290 g/mol. The van der Waals surface area contributed by atoms with Crippen LogP contribution in [-0.2, 0) is 0 Å². The number of thiocarbonyl (C=S) groups is 1. The van der Waals surface area contributed by atoms with E-state index < -0.39 is 0 Å². The Kier molecular flexibility index (Phi) is 5.41. The van der Waals surface area contributed by atoms with Gasteiger partial charge in [-0.15, -0.1) is 0 Å². The number of rotatable bonds is 3. The first-order chi connectivity index (χ1) is 9.56. The zero-order chi connectivity index (χ0) is 14.5. The lowest BCUT2D eigenvalue weighted by molar-refractivity contribution is 0.309. The second-order valence-corrected chi connectivity index (χ2v) is 6.66. The number of hydrogen-bond donors (Lipinski definition) is 2. The lowest BCUT2D eigenvalue weighted by Gasteiger charge is -2.30. The fourth-order valence-electron chi connectivity index (χ4n) is 2.84. The Labute approximate surface area is 128 Å². The largest absolute Gasteiger partial charge is 0.359 e. The van der Waals surface area contributed by atoms with Crippen LogP contribution in [0.5, 0.6) is 0 Å². The highest BCUT2D eigenvalue weighted by molar-refractivity contribution is 7.80. The van der Waals surface area contributed by atoms with Crippen molar-refractivity contribution < 1.29 is 0 Å². The van der Waals surface area contributed by atoms with Crippen LogP contribution in [0.15, 0.2) is 24.3 Å². The summed E-state index contributed by atoms with van der Waals surface area (Å²) >= 11 is 5.46. The average molecular weight is 290 g/mol. The van der Waals surface area contributed by atoms with E-state index in [4.69, 9.17) is 12.2 Å². The Morgan fingerprint density at radius 2 is 2.00 bits per heavy atom. The van der Waals surface area contributed by atoms with E-state index in [0.717, 1.165) is 10.8 Å². The second-order valence-electron chi connectivity index (χ2n) is 6.25. The maximum atomic E-state index is 5.46. The van der Waals surface area contributed by atoms with Crippen LogP contribution in [0.2, 0.25) is 0 Å². The van der Waals surface area contributed by atoms with Crippen molar-refractivity contribution in [2.45, 2.75) is 58.4 Å². The maximum Gasteiger partial charge on any atom is 0.171 e. The van der Waals surface area contributed by atoms with Gasteiger partial charge in [-0.3, -0.25) is 0 Å². The van der Waals surface area contributed by atoms with Crippen LogP contribution in [0.25, 0.3) is 0 Å². The van der Waals surface area contributed by atoms with Crippen LogP contribution < -0.4 is 10.6 Å². The highest BCUT2D eigenvalue weighted by Crippen LogP contribution is 2.24. The molecule has 1 fully saturated rings. The molecule has 2 nitrogen and oxygen atoms in total. The van der Waals surface area contributed by atoms with Gasteiger partial charge in [-0.25, -0.2) is 0 Å². The summed E-state index contributed by atoms with van der Waals surface area (Å²) < 4.78 is 0. The molecule has 2 rings (SSSR count). The van der Waals surface area contributed by atoms with E-state index >= 15 is 0 Å². The Balaban J connectivity index is 1.92. The van der Waals surface area contributed by atoms with Crippen molar-refractivity contribution in [3.05, 3.63) is 29.8 Å². The van der Waals surface area contributed by atoms with Crippen LogP contribution in [0, 0.1) is 5.92 Å². The smallest absolute Gasteiger partial charge is 0.171 e. The first-order valence-electron chi connectivity index (χ1n) is 7.73. The van der Waals surface area contributed by atoms with Gasteiger partial charge in [0.2, 0.25) is 0 Å². The number of hydrogen-bond acceptors (Lipinski definition) is 1. The van der Waals surface area contributed by atoms with Gasteiger partial charge in [0.1, 0.15) is 0 Å². The molecule has 0 bridgehead atoms. The van der Waals surface area contributed by atoms with Crippen LogP contribution >= 0.6 is 12.2 Å². The van der Waals surface area contributed by atoms with Crippen molar-refractivity contribution in [3.8, 4) is 0 Å². The minimum atomic E-state index is 0.525. The molecule has 0 aliphatic heterocycles. The van der Waals surface area contributed by atoms with Gasteiger partial charge in [-0.2, -0.15) is 0 Å². The first kappa shape index (κ1) is 15.3. The van der Waals surface area contributed by atoms with E-state index in [2.05, 4.69) is 55.7 Å². The van der Waals surface area contributed by atoms with Crippen molar-refractivity contribution in [1.29, 1.82) is 0 Å². The van der Waals surface area contributed by atoms with Gasteiger partial charge in [-0.1, -0.05) is 45.7 Å². The second kappa shape index (κ2) is 7.07. The third-order valence-corrected chi connectivity index (χ3v) is 4.46. The molecule has 0 amide bonds. The highest BCUT2D eigenvalue weighted by Gasteiger charge is 2.21. The third-order valence-electron chi connectivity index (χ3n) is 4.24. The van der Waals surface area contributed by atoms with Crippen molar-refractivity contribution >= 4 is 23.0 Å². The molecule has 1 aromatic rings. The van der Waals surface area contributed by atoms with E-state index in [1.807, 2.05) is 0 Å². The standard InChI is InChI=1S/C17H26N2S/c1-12(2)14-8-6-9-15(11-14)18-17(20)19-16-10-5-4-7-13(16)3/h6,8-9,11-13,16H,4-5,7,10H2,1-3H3,(H2,18,19,20)/t13-,16+/m0/s1. The van der Waals surface area contributed by atoms with Crippen molar-refractivity contribution in [2.24, 2.45) is 5.92 Å². The van der Waals surface area contributed by atoms with Crippen LogP contribution in [0.4, 0.5) is 5.69 Å². The predicted molar refractivity (Wildman–Crippen MR) is 91.3 cm³/mol. The Morgan fingerprint density at radius 1 is 1.25 bits per heavy atom. The van der Waals surface area contributed by atoms with E-state index in [1.165, 1.54) is 31.2 Å². The minimum absolute atomic E-state index is 0.525. The molecule has 2 atom stereocenters. The lowest BCUT2D eigenvalue weighted by atomic mass is 9.86. The summed E-state index contributed by atoms with van der Waals surface area (Å²) in [6.45, 7) is 6.73. The first-order valence-corrected chi connectivity index (χ1v) is 8.14. The Bertz CT molecular complexity index is 456. The molecule has 110 valence electrons. The minimum Gasteiger partial charge on any atom is -0.359 e. The highest BCUT2D eigenvalue weighted by atomic mass is 32.1. The van der Waals surface area contributed by atoms with Crippen molar-refractivity contribution in [3.63, 3.8) is 0 Å². The van der Waals surface area contributed by atoms with Gasteiger partial charge in [0, 0.05) is 11.7 Å². The van der Waals surface area contributed by atoms with Gasteiger partial charge in [-0.05, 0) is 54.6 Å². The SMILES string of the molecule is CC(C)c1cccc(NC(=S)N[C@@H]2CCCC[C@@H]2C)c1. The van der Waals surface area contributed by atoms with Gasteiger partial charge >= 0.3 is 0 Å². The van der Waals surface area contributed by atoms with Gasteiger partial charge in [0.15, 0.2) is 5.11 Å². The molecule has 0 aromatic heterocycles. The molecule has 0 unspecified atom stereocenters. The summed E-state index contributed by atoms with van der Waals surface area (Å²) in [5.74, 6) is 1.25. The zero-order valence-corrected chi connectivity index (χ0v) is 13.6. The maximum absolute atomic E-state index is 5.46. The summed E-state index contributed by atoms with van der Waals surface area (Å²) in [7, 11) is 0. The summed E-state index contributed by atoms with van der Waals surface area (Å²) in [5, 5.41) is 7.57. The molecule has 1 saturated carbocycles. The zero-order valence-electron chi connectivity index (χ0n) is 12.8. The van der Waals surface area contributed by atoms with Gasteiger partial charge in [0.25, 0.3) is 0 Å². The quantitative estimate of drug-likeness (QED) is 0.791. The number of nitrogens with one attached hydrogen (secondary N) is 2. The van der Waals surface area contributed by atoms with Gasteiger partial charge in [0.05, 0.1) is 0 Å². The summed E-state index contributed by atoms with van der Waals surface area (Å²) in [5.41, 5.74) is 2.42. The van der Waals surface area contributed by atoms with Crippen LogP contribution in [0.1, 0.15) is 57.9 Å². The fourth-order valence-corrected chi connectivity index (χ4v) is 3.11. The lowest BCUT2D eigenvalue weighted by Crippen LogP contribution is -2.43. The molecule has 2 N–H and O–H groups in total. The molecule has 20 heavy (non-hydrogen) atoms. The average Bonchev–Trinajstić information content (AvgIpc) is 2.41. The van der Waals surface area contributed by atoms with Gasteiger partial charge < -0.3 is 10.6 Å². The fraction of sp³-hybridized carbons (Fsp3) is 0.588. The predicted octanol–water partition coefficient (Wildman–Crippen LogP) is 4.68. The van der Waals surface area contributed by atoms with Crippen LogP contribution in [0.3, 0.4) is 0 Å². The van der Waals surface area contributed by atoms with E-state index in [9.17, 15) is 0 Å². The molecule has 0 heterocycles. The molecule has 3 heteroatoms. The molecule has 0 spiro atoms. The summed E-state index contributed by atoms with van der Waals surface area (Å²) in [6.07, 6.45) is 5.21. The van der Waals surface area contributed by atoms with E-state index in [1.54, 1.807) is 0 Å². The normalized spacial score (nSPS) is 22.6. The molecular weight excluding hydrogens is 264 g/mol. The van der Waals surface area contributed by atoms with Crippen molar-refractivity contribution in [2.75, 3.05) is 5.32 Å². The number of benzene rings is 1. The third kappa shape index (κ3) is 4.20. The van der Waals surface area contributed by atoms with Crippen molar-refractivity contribution in [1.82, 2.24) is 5.32 Å². The Morgan fingerprint density at radius 3 is 2.70 bits per heavy atom. The van der Waals surface area contributed by atoms with Crippen LogP contribution in [-0.4, -0.2) is 11.2 Å². The molecule has 0 saturated heterocycles. The summed E-state index contributed by atoms with van der Waals surface area (Å²) in [6, 6.07) is 9.03. The summed E-state index contributed by atoms with van der Waals surface area (Å²) in [4.78, 5) is 0. The molecule has 1 aliphatic carbocycles. The Hall–Kier alpha value is -1.09. The molecule has 1 aromatic carbocycles. The molecular formula is C17H26N2S.